The molecule has 0 radical (unpaired) electrons. The molecule has 10 unspecified atom stereocenters. The van der Waals surface area contributed by atoms with Gasteiger partial charge in [-0.25, -0.2) is 0 Å². The first-order valence-electron chi connectivity index (χ1n) is 15.2. The third-order valence-corrected chi connectivity index (χ3v) is 13.9. The molecule has 0 amide bonds. The van der Waals surface area contributed by atoms with E-state index in [1.54, 1.807) is 0 Å². The van der Waals surface area contributed by atoms with Gasteiger partial charge >= 0.3 is 11.9 Å². The summed E-state index contributed by atoms with van der Waals surface area (Å²) in [5, 5.41) is 11.4. The summed E-state index contributed by atoms with van der Waals surface area (Å²) in [5.74, 6) is 0.783. The van der Waals surface area contributed by atoms with Crippen molar-refractivity contribution in [3.05, 3.63) is 11.6 Å². The average molecular weight is 529 g/mol. The van der Waals surface area contributed by atoms with Crippen LogP contribution in [0, 0.1) is 50.7 Å². The molecule has 0 aliphatic heterocycles. The minimum atomic E-state index is -0.790. The summed E-state index contributed by atoms with van der Waals surface area (Å²) >= 11 is 0. The third kappa shape index (κ3) is 3.45. The zero-order valence-corrected chi connectivity index (χ0v) is 25.4. The van der Waals surface area contributed by atoms with Gasteiger partial charge in [0.1, 0.15) is 6.10 Å². The SMILES string of the molecule is COC(=O)C12CCC(C)(O)C(C)C1C1=CCC3C4(C)CCC(OC(C)=O)C(C)(C)C4CCC3(C)C1(C)CC2. The molecule has 0 saturated heterocycles. The summed E-state index contributed by atoms with van der Waals surface area (Å²) < 4.78 is 11.4. The van der Waals surface area contributed by atoms with Crippen molar-refractivity contribution in [3.63, 3.8) is 0 Å². The van der Waals surface area contributed by atoms with Crippen LogP contribution >= 0.6 is 0 Å². The standard InChI is InChI=1S/C33H52O5/c1-20-26-22-10-11-24-29(5)14-13-25(38-21(2)34)28(3,4)23(29)12-15-31(24,7)30(22,6)16-18-33(26,27(35)37-9)19-17-32(20,8)36/h10,20,23-26,36H,11-19H2,1-9H3. The molecule has 4 fully saturated rings. The molecule has 5 nitrogen and oxygen atoms in total. The Kier molecular flexibility index (Phi) is 6.36. The van der Waals surface area contributed by atoms with Crippen molar-refractivity contribution < 1.29 is 24.2 Å². The normalized spacial score (nSPS) is 51.3. The zero-order valence-electron chi connectivity index (χ0n) is 25.4. The van der Waals surface area contributed by atoms with Gasteiger partial charge in [-0.15, -0.1) is 0 Å². The van der Waals surface area contributed by atoms with Gasteiger partial charge in [0.05, 0.1) is 18.1 Å². The molecule has 0 heterocycles. The largest absolute Gasteiger partial charge is 0.469 e. The van der Waals surface area contributed by atoms with E-state index in [1.165, 1.54) is 19.6 Å². The molecule has 0 aromatic heterocycles. The minimum absolute atomic E-state index is 0.00796. The molecule has 5 aliphatic rings. The summed E-state index contributed by atoms with van der Waals surface area (Å²) in [7, 11) is 1.53. The summed E-state index contributed by atoms with van der Waals surface area (Å²) in [6, 6.07) is 0. The minimum Gasteiger partial charge on any atom is -0.469 e. The quantitative estimate of drug-likeness (QED) is 0.313. The Balaban J connectivity index is 1.58. The maximum absolute atomic E-state index is 13.5. The highest BCUT2D eigenvalue weighted by Gasteiger charge is 2.70. The van der Waals surface area contributed by atoms with E-state index in [-0.39, 0.29) is 51.5 Å². The van der Waals surface area contributed by atoms with Crippen molar-refractivity contribution in [1.82, 2.24) is 0 Å². The summed E-state index contributed by atoms with van der Waals surface area (Å²) in [6.45, 7) is 17.9. The molecular weight excluding hydrogens is 476 g/mol. The number of rotatable bonds is 2. The van der Waals surface area contributed by atoms with Crippen molar-refractivity contribution in [3.8, 4) is 0 Å². The highest BCUT2D eigenvalue weighted by Crippen LogP contribution is 2.76. The van der Waals surface area contributed by atoms with Gasteiger partial charge in [-0.2, -0.15) is 0 Å². The van der Waals surface area contributed by atoms with Crippen LogP contribution in [-0.4, -0.2) is 35.9 Å². The molecule has 10 atom stereocenters. The number of fused-ring (bicyclic) bond motifs is 7. The van der Waals surface area contributed by atoms with Crippen molar-refractivity contribution in [1.29, 1.82) is 0 Å². The lowest BCUT2D eigenvalue weighted by Gasteiger charge is -2.71. The number of esters is 2. The van der Waals surface area contributed by atoms with E-state index < -0.39 is 11.0 Å². The molecule has 38 heavy (non-hydrogen) atoms. The monoisotopic (exact) mass is 528 g/mol. The van der Waals surface area contributed by atoms with Crippen LogP contribution in [0.1, 0.15) is 113 Å². The number of ether oxygens (including phenoxy) is 2. The number of carbonyl (C=O) groups is 2. The average Bonchev–Trinajstić information content (AvgIpc) is 2.83. The van der Waals surface area contributed by atoms with Gasteiger partial charge in [0.2, 0.25) is 0 Å². The van der Waals surface area contributed by atoms with E-state index in [2.05, 4.69) is 47.6 Å². The van der Waals surface area contributed by atoms with E-state index in [0.717, 1.165) is 44.9 Å². The Morgan fingerprint density at radius 1 is 0.921 bits per heavy atom. The first-order valence-corrected chi connectivity index (χ1v) is 15.2. The van der Waals surface area contributed by atoms with E-state index in [4.69, 9.17) is 9.47 Å². The second-order valence-electron chi connectivity index (χ2n) is 15.5. The molecule has 214 valence electrons. The topological polar surface area (TPSA) is 72.8 Å². The molecule has 0 aromatic rings. The molecule has 0 spiro atoms. The Bertz CT molecular complexity index is 1040. The van der Waals surface area contributed by atoms with Crippen molar-refractivity contribution in [2.45, 2.75) is 125 Å². The molecule has 1 N–H and O–H groups in total. The van der Waals surface area contributed by atoms with Crippen LogP contribution in [-0.2, 0) is 19.1 Å². The summed E-state index contributed by atoms with van der Waals surface area (Å²) in [5.41, 5.74) is 0.295. The summed E-state index contributed by atoms with van der Waals surface area (Å²) in [4.78, 5) is 25.4. The van der Waals surface area contributed by atoms with Crippen LogP contribution in [0.2, 0.25) is 0 Å². The number of hydrogen-bond acceptors (Lipinski definition) is 5. The van der Waals surface area contributed by atoms with Gasteiger partial charge in [0.15, 0.2) is 0 Å². The Morgan fingerprint density at radius 2 is 1.58 bits per heavy atom. The Labute approximate surface area is 230 Å². The molecule has 0 aromatic carbocycles. The second-order valence-corrected chi connectivity index (χ2v) is 15.5. The Morgan fingerprint density at radius 3 is 2.21 bits per heavy atom. The van der Waals surface area contributed by atoms with E-state index in [0.29, 0.717) is 24.7 Å². The fraction of sp³-hybridized carbons (Fsp3) is 0.879. The smallest absolute Gasteiger partial charge is 0.312 e. The van der Waals surface area contributed by atoms with E-state index in [1.807, 2.05) is 6.92 Å². The molecule has 0 bridgehead atoms. The van der Waals surface area contributed by atoms with Crippen LogP contribution in [0.4, 0.5) is 0 Å². The van der Waals surface area contributed by atoms with Crippen molar-refractivity contribution in [2.75, 3.05) is 7.11 Å². The lowest BCUT2D eigenvalue weighted by Crippen LogP contribution is -2.66. The fourth-order valence-corrected chi connectivity index (χ4v) is 11.4. The van der Waals surface area contributed by atoms with Gasteiger partial charge in [0.25, 0.3) is 0 Å². The van der Waals surface area contributed by atoms with Gasteiger partial charge in [0, 0.05) is 18.3 Å². The number of aliphatic hydroxyl groups is 1. The van der Waals surface area contributed by atoms with Crippen LogP contribution in [0.15, 0.2) is 11.6 Å². The highest BCUT2D eigenvalue weighted by atomic mass is 16.5. The van der Waals surface area contributed by atoms with Crippen molar-refractivity contribution in [2.24, 2.45) is 50.7 Å². The number of carbonyl (C=O) groups excluding carboxylic acids is 2. The zero-order chi connectivity index (χ0) is 28.1. The van der Waals surface area contributed by atoms with Crippen LogP contribution in [0.25, 0.3) is 0 Å². The van der Waals surface area contributed by atoms with Crippen LogP contribution in [0.5, 0.6) is 0 Å². The summed E-state index contributed by atoms with van der Waals surface area (Å²) in [6.07, 6.45) is 11.0. The van der Waals surface area contributed by atoms with Crippen LogP contribution in [0.3, 0.4) is 0 Å². The molecule has 5 heteroatoms. The van der Waals surface area contributed by atoms with Gasteiger partial charge in [-0.1, -0.05) is 53.2 Å². The van der Waals surface area contributed by atoms with E-state index >= 15 is 0 Å². The van der Waals surface area contributed by atoms with Gasteiger partial charge < -0.3 is 14.6 Å². The number of hydrogen-bond donors (Lipinski definition) is 1. The van der Waals surface area contributed by atoms with Crippen molar-refractivity contribution >= 4 is 11.9 Å². The lowest BCUT2D eigenvalue weighted by atomic mass is 9.33. The molecule has 5 aliphatic carbocycles. The predicted molar refractivity (Wildman–Crippen MR) is 148 cm³/mol. The van der Waals surface area contributed by atoms with E-state index in [9.17, 15) is 14.7 Å². The number of methoxy groups -OCH3 is 1. The maximum Gasteiger partial charge on any atom is 0.312 e. The second kappa shape index (κ2) is 8.57. The number of allylic oxidation sites excluding steroid dienone is 2. The van der Waals surface area contributed by atoms with Gasteiger partial charge in [-0.05, 0) is 98.7 Å². The van der Waals surface area contributed by atoms with Gasteiger partial charge in [-0.3, -0.25) is 9.59 Å². The van der Waals surface area contributed by atoms with Crippen LogP contribution < -0.4 is 0 Å². The first-order chi connectivity index (χ1) is 17.5. The first kappa shape index (κ1) is 28.2. The molecule has 5 rings (SSSR count). The molecule has 4 saturated carbocycles. The third-order valence-electron chi connectivity index (χ3n) is 13.9. The Hall–Kier alpha value is -1.36. The predicted octanol–water partition coefficient (Wildman–Crippen LogP) is 6.86. The maximum atomic E-state index is 13.5. The lowest BCUT2D eigenvalue weighted by molar-refractivity contribution is -0.217. The molecular formula is C33H52O5. The highest BCUT2D eigenvalue weighted by molar-refractivity contribution is 5.78. The fourth-order valence-electron chi connectivity index (χ4n) is 11.4.